The number of nitrogens with one attached hydrogen (secondary N) is 3. The van der Waals surface area contributed by atoms with Crippen LogP contribution >= 0.6 is 11.6 Å². The number of benzene rings is 3. The lowest BCUT2D eigenvalue weighted by Crippen LogP contribution is -2.49. The number of carboxylic acid groups (broad SMARTS) is 1. The molecule has 3 aromatic carbocycles. The monoisotopic (exact) mass is 550 g/mol. The molecule has 1 atom stereocenters. The lowest BCUT2D eigenvalue weighted by Gasteiger charge is -2.20. The van der Waals surface area contributed by atoms with Crippen LogP contribution in [0.4, 0.5) is 21.9 Å². The molecule has 1 aliphatic rings. The maximum Gasteiger partial charge on any atom is 0.414 e. The molecule has 200 valence electrons. The number of anilines is 3. The topological polar surface area (TPSA) is 154 Å². The highest BCUT2D eigenvalue weighted by Gasteiger charge is 2.29. The zero-order chi connectivity index (χ0) is 27.9. The molecule has 11 nitrogen and oxygen atoms in total. The third-order valence-corrected chi connectivity index (χ3v) is 6.00. The van der Waals surface area contributed by atoms with E-state index in [-0.39, 0.29) is 35.8 Å². The summed E-state index contributed by atoms with van der Waals surface area (Å²) >= 11 is 6.07. The number of carbonyl (C=O) groups is 5. The molecule has 4 amide bonds. The summed E-state index contributed by atoms with van der Waals surface area (Å²) in [4.78, 5) is 63.3. The molecule has 0 unspecified atom stereocenters. The van der Waals surface area contributed by atoms with Gasteiger partial charge in [0.25, 0.3) is 0 Å². The second-order valence-corrected chi connectivity index (χ2v) is 8.91. The molecule has 1 fully saturated rings. The SMILES string of the molecule is O=C(Nc1cc(Cl)ccc1N1CCOC1=O)C(=O)N[C@@H](Cc1ccccc1)C(=O)Nc1ccc(C(=O)O)cc1. The molecule has 4 rings (SSSR count). The van der Waals surface area contributed by atoms with E-state index in [2.05, 4.69) is 16.0 Å². The zero-order valence-electron chi connectivity index (χ0n) is 20.3. The number of rotatable bonds is 8. The van der Waals surface area contributed by atoms with Crippen LogP contribution < -0.4 is 20.9 Å². The summed E-state index contributed by atoms with van der Waals surface area (Å²) in [5, 5.41) is 16.9. The van der Waals surface area contributed by atoms with Crippen molar-refractivity contribution in [3.63, 3.8) is 0 Å². The maximum absolute atomic E-state index is 13.1. The van der Waals surface area contributed by atoms with Gasteiger partial charge in [0.05, 0.1) is 23.5 Å². The Bertz CT molecular complexity index is 1410. The second-order valence-electron chi connectivity index (χ2n) is 8.47. The van der Waals surface area contributed by atoms with Gasteiger partial charge in [-0.3, -0.25) is 19.3 Å². The molecular formula is C27H23ClN4O7. The normalized spacial score (nSPS) is 13.3. The molecule has 0 bridgehead atoms. The van der Waals surface area contributed by atoms with Crippen LogP contribution in [0.3, 0.4) is 0 Å². The van der Waals surface area contributed by atoms with Gasteiger partial charge in [0, 0.05) is 17.1 Å². The molecule has 1 heterocycles. The summed E-state index contributed by atoms with van der Waals surface area (Å²) in [6.45, 7) is 0.424. The Balaban J connectivity index is 1.50. The number of carbonyl (C=O) groups excluding carboxylic acids is 4. The van der Waals surface area contributed by atoms with Crippen LogP contribution in [0.25, 0.3) is 0 Å². The number of hydrogen-bond donors (Lipinski definition) is 4. The predicted molar refractivity (Wildman–Crippen MR) is 143 cm³/mol. The molecule has 4 N–H and O–H groups in total. The molecule has 0 spiro atoms. The first-order valence-electron chi connectivity index (χ1n) is 11.7. The van der Waals surface area contributed by atoms with Crippen molar-refractivity contribution in [2.75, 3.05) is 28.7 Å². The van der Waals surface area contributed by atoms with Gasteiger partial charge in [-0.15, -0.1) is 0 Å². The van der Waals surface area contributed by atoms with Crippen LogP contribution in [-0.2, 0) is 25.5 Å². The second kappa shape index (κ2) is 12.1. The van der Waals surface area contributed by atoms with Crippen molar-refractivity contribution in [3.8, 4) is 0 Å². The number of ether oxygens (including phenoxy) is 1. The Labute approximate surface area is 227 Å². The number of nitrogens with zero attached hydrogens (tertiary/aromatic N) is 1. The molecule has 0 saturated carbocycles. The van der Waals surface area contributed by atoms with Gasteiger partial charge in [-0.25, -0.2) is 9.59 Å². The summed E-state index contributed by atoms with van der Waals surface area (Å²) in [6, 6.07) is 17.6. The van der Waals surface area contributed by atoms with Gasteiger partial charge >= 0.3 is 23.9 Å². The molecule has 1 aliphatic heterocycles. The zero-order valence-corrected chi connectivity index (χ0v) is 21.1. The minimum atomic E-state index is -1.16. The largest absolute Gasteiger partial charge is 0.478 e. The molecule has 3 aromatic rings. The van der Waals surface area contributed by atoms with E-state index in [1.165, 1.54) is 47.4 Å². The van der Waals surface area contributed by atoms with Crippen LogP contribution in [0.1, 0.15) is 15.9 Å². The molecular weight excluding hydrogens is 528 g/mol. The minimum Gasteiger partial charge on any atom is -0.478 e. The number of halogens is 1. The lowest BCUT2D eigenvalue weighted by atomic mass is 10.0. The van der Waals surface area contributed by atoms with Gasteiger partial charge in [-0.05, 0) is 48.0 Å². The quantitative estimate of drug-likeness (QED) is 0.314. The number of cyclic esters (lactones) is 1. The fourth-order valence-electron chi connectivity index (χ4n) is 3.84. The summed E-state index contributed by atoms with van der Waals surface area (Å²) in [5.74, 6) is -3.91. The van der Waals surface area contributed by atoms with Gasteiger partial charge in [0.1, 0.15) is 12.6 Å². The van der Waals surface area contributed by atoms with E-state index in [1.807, 2.05) is 0 Å². The van der Waals surface area contributed by atoms with E-state index in [1.54, 1.807) is 30.3 Å². The van der Waals surface area contributed by atoms with Crippen molar-refractivity contribution in [1.82, 2.24) is 5.32 Å². The Morgan fingerprint density at radius 1 is 0.949 bits per heavy atom. The van der Waals surface area contributed by atoms with Crippen LogP contribution in [0.5, 0.6) is 0 Å². The van der Waals surface area contributed by atoms with Gasteiger partial charge < -0.3 is 25.8 Å². The average Bonchev–Trinajstić information content (AvgIpc) is 3.34. The maximum atomic E-state index is 13.1. The molecule has 12 heteroatoms. The highest BCUT2D eigenvalue weighted by molar-refractivity contribution is 6.40. The average molecular weight is 551 g/mol. The molecule has 0 aromatic heterocycles. The number of aromatic carboxylic acids is 1. The van der Waals surface area contributed by atoms with E-state index in [9.17, 15) is 24.0 Å². The van der Waals surface area contributed by atoms with Crippen molar-refractivity contribution in [2.45, 2.75) is 12.5 Å². The summed E-state index contributed by atoms with van der Waals surface area (Å²) in [6.07, 6.45) is -0.533. The Morgan fingerprint density at radius 2 is 1.67 bits per heavy atom. The van der Waals surface area contributed by atoms with E-state index >= 15 is 0 Å². The molecule has 39 heavy (non-hydrogen) atoms. The van der Waals surface area contributed by atoms with Crippen molar-refractivity contribution >= 4 is 58.4 Å². The third-order valence-electron chi connectivity index (χ3n) is 5.77. The summed E-state index contributed by atoms with van der Waals surface area (Å²) in [7, 11) is 0. The Hall–Kier alpha value is -4.90. The lowest BCUT2D eigenvalue weighted by molar-refractivity contribution is -0.137. The standard InChI is InChI=1S/C27H23ClN4O7/c28-18-8-11-22(32-12-13-39-27(32)38)20(15-18)30-24(34)25(35)31-21(14-16-4-2-1-3-5-16)23(33)29-19-9-6-17(7-10-19)26(36)37/h1-11,15,21H,12-14H2,(H,29,33)(H,30,34)(H,31,35)(H,36,37)/t21-/m0/s1. The van der Waals surface area contributed by atoms with Crippen LogP contribution in [0, 0.1) is 0 Å². The molecule has 0 aliphatic carbocycles. The highest BCUT2D eigenvalue weighted by Crippen LogP contribution is 2.31. The number of amides is 4. The minimum absolute atomic E-state index is 0.0429. The van der Waals surface area contributed by atoms with E-state index in [4.69, 9.17) is 21.4 Å². The first-order chi connectivity index (χ1) is 18.7. The third kappa shape index (κ3) is 6.90. The molecule has 0 radical (unpaired) electrons. The van der Waals surface area contributed by atoms with E-state index in [0.29, 0.717) is 11.4 Å². The van der Waals surface area contributed by atoms with E-state index < -0.39 is 35.8 Å². The van der Waals surface area contributed by atoms with Crippen LogP contribution in [-0.4, -0.2) is 54.1 Å². The fraction of sp³-hybridized carbons (Fsp3) is 0.148. The Morgan fingerprint density at radius 3 is 2.31 bits per heavy atom. The summed E-state index contributed by atoms with van der Waals surface area (Å²) in [5.41, 5.74) is 1.49. The number of carboxylic acids is 1. The smallest absolute Gasteiger partial charge is 0.414 e. The van der Waals surface area contributed by atoms with E-state index in [0.717, 1.165) is 5.56 Å². The van der Waals surface area contributed by atoms with Crippen molar-refractivity contribution in [1.29, 1.82) is 0 Å². The predicted octanol–water partition coefficient (Wildman–Crippen LogP) is 3.30. The first kappa shape index (κ1) is 27.1. The highest BCUT2D eigenvalue weighted by atomic mass is 35.5. The fourth-order valence-corrected chi connectivity index (χ4v) is 4.02. The van der Waals surface area contributed by atoms with Crippen molar-refractivity contribution in [3.05, 3.63) is 88.9 Å². The van der Waals surface area contributed by atoms with Crippen molar-refractivity contribution in [2.24, 2.45) is 0 Å². The Kier molecular flexibility index (Phi) is 8.42. The molecule has 1 saturated heterocycles. The first-order valence-corrected chi connectivity index (χ1v) is 12.1. The van der Waals surface area contributed by atoms with Crippen molar-refractivity contribution < 1.29 is 33.8 Å². The number of hydrogen-bond acceptors (Lipinski definition) is 6. The van der Waals surface area contributed by atoms with Crippen LogP contribution in [0.2, 0.25) is 5.02 Å². The van der Waals surface area contributed by atoms with Gasteiger partial charge in [-0.1, -0.05) is 41.9 Å². The van der Waals surface area contributed by atoms with Gasteiger partial charge in [0.2, 0.25) is 5.91 Å². The van der Waals surface area contributed by atoms with Crippen LogP contribution in [0.15, 0.2) is 72.8 Å². The van der Waals surface area contributed by atoms with Gasteiger partial charge in [-0.2, -0.15) is 0 Å². The van der Waals surface area contributed by atoms with Gasteiger partial charge in [0.15, 0.2) is 0 Å². The summed E-state index contributed by atoms with van der Waals surface area (Å²) < 4.78 is 4.95.